The molecule has 1 amide bonds. The van der Waals surface area contributed by atoms with Gasteiger partial charge in [-0.15, -0.1) is 11.3 Å². The van der Waals surface area contributed by atoms with Gasteiger partial charge in [0.2, 0.25) is 0 Å². The maximum Gasteiger partial charge on any atom is 0.261 e. The second-order valence-corrected chi connectivity index (χ2v) is 6.11. The highest BCUT2D eigenvalue weighted by molar-refractivity contribution is 7.12. The number of amides is 1. The first-order valence-electron chi connectivity index (χ1n) is 6.66. The lowest BCUT2D eigenvalue weighted by Crippen LogP contribution is -2.26. The molecule has 1 aromatic carbocycles. The number of nitrogens with one attached hydrogen (secondary N) is 2. The summed E-state index contributed by atoms with van der Waals surface area (Å²) in [5.74, 6) is 1.06. The highest BCUT2D eigenvalue weighted by Gasteiger charge is 2.16. The van der Waals surface area contributed by atoms with E-state index < -0.39 is 0 Å². The number of thiophene rings is 1. The molecule has 1 unspecified atom stereocenters. The second-order valence-electron chi connectivity index (χ2n) is 4.72. The van der Waals surface area contributed by atoms with E-state index in [9.17, 15) is 4.79 Å². The number of rotatable bonds is 4. The minimum atomic E-state index is -0.261. The highest BCUT2D eigenvalue weighted by Crippen LogP contribution is 2.19. The summed E-state index contributed by atoms with van der Waals surface area (Å²) < 4.78 is 0. The number of halogens is 1. The van der Waals surface area contributed by atoms with E-state index in [1.54, 1.807) is 18.2 Å². The van der Waals surface area contributed by atoms with Crippen molar-refractivity contribution in [3.05, 3.63) is 57.5 Å². The number of carbonyl (C=O) groups excluding carboxylic acids is 1. The zero-order valence-corrected chi connectivity index (χ0v) is 13.3. The molecule has 0 aliphatic carbocycles. The first-order chi connectivity index (χ1) is 10.6. The van der Waals surface area contributed by atoms with Crippen LogP contribution in [0.3, 0.4) is 0 Å². The molecule has 2 heterocycles. The van der Waals surface area contributed by atoms with Crippen LogP contribution in [0.25, 0.3) is 11.4 Å². The van der Waals surface area contributed by atoms with Gasteiger partial charge >= 0.3 is 0 Å². The van der Waals surface area contributed by atoms with Crippen molar-refractivity contribution in [2.45, 2.75) is 13.0 Å². The Balaban J connectivity index is 1.73. The SMILES string of the molecule is CC(NC(=O)c1cccs1)c1nc(-c2ccc(Cl)cc2)n[nH]1. The fourth-order valence-electron chi connectivity index (χ4n) is 1.94. The van der Waals surface area contributed by atoms with Crippen molar-refractivity contribution in [1.82, 2.24) is 20.5 Å². The van der Waals surface area contributed by atoms with Gasteiger partial charge in [-0.3, -0.25) is 9.89 Å². The van der Waals surface area contributed by atoms with Gasteiger partial charge in [0.15, 0.2) is 5.82 Å². The standard InChI is InChI=1S/C15H13ClN4OS/c1-9(17-15(21)12-3-2-8-22-12)13-18-14(20-19-13)10-4-6-11(16)7-5-10/h2-9H,1H3,(H,17,21)(H,18,19,20). The maximum atomic E-state index is 12.0. The van der Waals surface area contributed by atoms with Crippen molar-refractivity contribution < 1.29 is 4.79 Å². The van der Waals surface area contributed by atoms with Gasteiger partial charge in [-0.25, -0.2) is 4.98 Å². The summed E-state index contributed by atoms with van der Waals surface area (Å²) in [6.07, 6.45) is 0. The lowest BCUT2D eigenvalue weighted by Gasteiger charge is -2.09. The van der Waals surface area contributed by atoms with Gasteiger partial charge in [0.25, 0.3) is 5.91 Å². The van der Waals surface area contributed by atoms with Crippen LogP contribution < -0.4 is 5.32 Å². The van der Waals surface area contributed by atoms with Gasteiger partial charge in [-0.1, -0.05) is 17.7 Å². The zero-order valence-electron chi connectivity index (χ0n) is 11.7. The third kappa shape index (κ3) is 3.18. The van der Waals surface area contributed by atoms with Gasteiger partial charge in [-0.05, 0) is 42.6 Å². The number of H-pyrrole nitrogens is 1. The molecule has 0 aliphatic rings. The molecule has 2 N–H and O–H groups in total. The molecule has 0 saturated carbocycles. The zero-order chi connectivity index (χ0) is 15.5. The first kappa shape index (κ1) is 14.7. The second kappa shape index (κ2) is 6.29. The van der Waals surface area contributed by atoms with Crippen molar-refractivity contribution in [2.24, 2.45) is 0 Å². The van der Waals surface area contributed by atoms with Crippen LogP contribution >= 0.6 is 22.9 Å². The number of benzene rings is 1. The van der Waals surface area contributed by atoms with Gasteiger partial charge < -0.3 is 5.32 Å². The molecule has 2 aromatic heterocycles. The van der Waals surface area contributed by atoms with Gasteiger partial charge in [0.1, 0.15) is 5.82 Å². The van der Waals surface area contributed by atoms with Crippen LogP contribution in [0.15, 0.2) is 41.8 Å². The largest absolute Gasteiger partial charge is 0.342 e. The van der Waals surface area contributed by atoms with Gasteiger partial charge in [-0.2, -0.15) is 5.10 Å². The molecule has 0 spiro atoms. The molecule has 5 nitrogen and oxygen atoms in total. The first-order valence-corrected chi connectivity index (χ1v) is 7.92. The molecule has 0 fully saturated rings. The van der Waals surface area contributed by atoms with E-state index in [1.165, 1.54) is 11.3 Å². The molecule has 0 bridgehead atoms. The Hall–Kier alpha value is -2.18. The molecule has 22 heavy (non-hydrogen) atoms. The predicted molar refractivity (Wildman–Crippen MR) is 87.0 cm³/mol. The van der Waals surface area contributed by atoms with Crippen LogP contribution in [0.4, 0.5) is 0 Å². The van der Waals surface area contributed by atoms with Crippen molar-refractivity contribution in [2.75, 3.05) is 0 Å². The Morgan fingerprint density at radius 3 is 2.77 bits per heavy atom. The number of aromatic nitrogens is 3. The van der Waals surface area contributed by atoms with Crippen LogP contribution in [0.2, 0.25) is 5.02 Å². The molecular weight excluding hydrogens is 320 g/mol. The quantitative estimate of drug-likeness (QED) is 0.765. The summed E-state index contributed by atoms with van der Waals surface area (Å²) in [4.78, 5) is 17.1. The molecule has 1 atom stereocenters. The summed E-state index contributed by atoms with van der Waals surface area (Å²) in [5, 5.41) is 12.5. The smallest absolute Gasteiger partial charge is 0.261 e. The van der Waals surface area contributed by atoms with E-state index in [0.29, 0.717) is 21.5 Å². The summed E-state index contributed by atoms with van der Waals surface area (Å²) in [6.45, 7) is 1.86. The van der Waals surface area contributed by atoms with E-state index in [4.69, 9.17) is 11.6 Å². The fraction of sp³-hybridized carbons (Fsp3) is 0.133. The lowest BCUT2D eigenvalue weighted by atomic mass is 10.2. The topological polar surface area (TPSA) is 70.7 Å². The summed E-state index contributed by atoms with van der Waals surface area (Å²) >= 11 is 7.27. The Bertz CT molecular complexity index is 767. The summed E-state index contributed by atoms with van der Waals surface area (Å²) in [5.41, 5.74) is 0.865. The van der Waals surface area contributed by atoms with E-state index in [2.05, 4.69) is 20.5 Å². The Morgan fingerprint density at radius 1 is 1.32 bits per heavy atom. The van der Waals surface area contributed by atoms with E-state index in [0.717, 1.165) is 5.56 Å². The summed E-state index contributed by atoms with van der Waals surface area (Å²) in [7, 11) is 0. The van der Waals surface area contributed by atoms with E-state index in [1.807, 2.05) is 30.5 Å². The van der Waals surface area contributed by atoms with E-state index >= 15 is 0 Å². The van der Waals surface area contributed by atoms with Crippen LogP contribution in [0, 0.1) is 0 Å². The number of carbonyl (C=O) groups is 1. The number of nitrogens with zero attached hydrogens (tertiary/aromatic N) is 2. The van der Waals surface area contributed by atoms with Crippen molar-refractivity contribution in [3.63, 3.8) is 0 Å². The minimum Gasteiger partial charge on any atom is -0.342 e. The average molecular weight is 333 g/mol. The lowest BCUT2D eigenvalue weighted by molar-refractivity contribution is 0.0942. The average Bonchev–Trinajstić information content (AvgIpc) is 3.20. The Morgan fingerprint density at radius 2 is 2.09 bits per heavy atom. The van der Waals surface area contributed by atoms with Crippen molar-refractivity contribution >= 4 is 28.8 Å². The molecular formula is C15H13ClN4OS. The molecule has 0 radical (unpaired) electrons. The number of hydrogen-bond donors (Lipinski definition) is 2. The Labute approximate surface area is 136 Å². The van der Waals surface area contributed by atoms with Gasteiger partial charge in [0, 0.05) is 10.6 Å². The maximum absolute atomic E-state index is 12.0. The number of aromatic amines is 1. The van der Waals surface area contributed by atoms with Gasteiger partial charge in [0.05, 0.1) is 10.9 Å². The van der Waals surface area contributed by atoms with Crippen molar-refractivity contribution in [3.8, 4) is 11.4 Å². The highest BCUT2D eigenvalue weighted by atomic mass is 35.5. The Kier molecular flexibility index (Phi) is 4.22. The van der Waals surface area contributed by atoms with Crippen LogP contribution in [-0.4, -0.2) is 21.1 Å². The van der Waals surface area contributed by atoms with Crippen LogP contribution in [0.5, 0.6) is 0 Å². The molecule has 112 valence electrons. The van der Waals surface area contributed by atoms with Crippen molar-refractivity contribution in [1.29, 1.82) is 0 Å². The molecule has 3 rings (SSSR count). The molecule has 0 saturated heterocycles. The normalized spacial score (nSPS) is 12.1. The third-order valence-electron chi connectivity index (χ3n) is 3.11. The molecule has 3 aromatic rings. The molecule has 0 aliphatic heterocycles. The predicted octanol–water partition coefficient (Wildman–Crippen LogP) is 3.68. The molecule has 7 heteroatoms. The third-order valence-corrected chi connectivity index (χ3v) is 4.23. The van der Waals surface area contributed by atoms with E-state index in [-0.39, 0.29) is 11.9 Å². The monoisotopic (exact) mass is 332 g/mol. The van der Waals surface area contributed by atoms with Crippen LogP contribution in [-0.2, 0) is 0 Å². The minimum absolute atomic E-state index is 0.119. The number of hydrogen-bond acceptors (Lipinski definition) is 4. The van der Waals surface area contributed by atoms with Crippen LogP contribution in [0.1, 0.15) is 28.5 Å². The fourth-order valence-corrected chi connectivity index (χ4v) is 2.69. The summed E-state index contributed by atoms with van der Waals surface area (Å²) in [6, 6.07) is 10.6.